The average Bonchev–Trinajstić information content (AvgIpc) is 3.09. The molecule has 0 saturated heterocycles. The van der Waals surface area contributed by atoms with Gasteiger partial charge < -0.3 is 9.84 Å². The zero-order valence-corrected chi connectivity index (χ0v) is 14.7. The van der Waals surface area contributed by atoms with Crippen molar-refractivity contribution in [2.24, 2.45) is 5.10 Å². The number of nitro groups is 1. The van der Waals surface area contributed by atoms with Gasteiger partial charge in [0.15, 0.2) is 0 Å². The lowest BCUT2D eigenvalue weighted by molar-refractivity contribution is -0.384. The molecule has 0 spiro atoms. The van der Waals surface area contributed by atoms with Crippen molar-refractivity contribution in [2.45, 2.75) is 13.5 Å². The van der Waals surface area contributed by atoms with E-state index in [4.69, 9.17) is 16.0 Å². The van der Waals surface area contributed by atoms with Crippen molar-refractivity contribution in [1.82, 2.24) is 5.43 Å². The monoisotopic (exact) mass is 369 g/mol. The first-order valence-electron chi connectivity index (χ1n) is 7.89. The van der Waals surface area contributed by atoms with Crippen molar-refractivity contribution in [2.75, 3.05) is 0 Å². The average molecular weight is 370 g/mol. The van der Waals surface area contributed by atoms with Crippen LogP contribution >= 0.6 is 11.6 Å². The van der Waals surface area contributed by atoms with Gasteiger partial charge in [0.25, 0.3) is 5.69 Å². The summed E-state index contributed by atoms with van der Waals surface area (Å²) in [6.07, 6.45) is 1.55. The lowest BCUT2D eigenvalue weighted by atomic mass is 10.1. The summed E-state index contributed by atoms with van der Waals surface area (Å²) in [6.45, 7) is 2.37. The third-order valence-corrected chi connectivity index (χ3v) is 4.20. The Labute approximate surface area is 155 Å². The highest BCUT2D eigenvalue weighted by Crippen LogP contribution is 2.28. The third kappa shape index (κ3) is 4.10. The van der Waals surface area contributed by atoms with E-state index >= 15 is 0 Å². The number of nitro benzene ring substituents is 1. The highest BCUT2D eigenvalue weighted by molar-refractivity contribution is 6.31. The molecular weight excluding hydrogens is 354 g/mol. The van der Waals surface area contributed by atoms with Crippen molar-refractivity contribution in [3.8, 4) is 11.3 Å². The molecule has 0 fully saturated rings. The number of furan rings is 1. The van der Waals surface area contributed by atoms with Crippen LogP contribution in [0.5, 0.6) is 0 Å². The molecule has 132 valence electrons. The smallest absolute Gasteiger partial charge is 0.270 e. The van der Waals surface area contributed by atoms with Crippen LogP contribution in [0.2, 0.25) is 5.02 Å². The number of nitrogens with one attached hydrogen (secondary N) is 1. The highest BCUT2D eigenvalue weighted by Gasteiger charge is 2.12. The molecule has 0 aliphatic heterocycles. The van der Waals surface area contributed by atoms with Crippen LogP contribution in [0.15, 0.2) is 64.1 Å². The molecule has 1 heterocycles. The van der Waals surface area contributed by atoms with Crippen LogP contribution < -0.4 is 5.43 Å². The molecule has 0 atom stereocenters. The fraction of sp³-hybridized carbons (Fsp3) is 0.105. The SMILES string of the molecule is Cc1ccc([N+](=O)[O-])cc1-c1ccc(/C=N\NCc2ccccc2Cl)o1. The predicted molar refractivity (Wildman–Crippen MR) is 101 cm³/mol. The van der Waals surface area contributed by atoms with Gasteiger partial charge in [0.2, 0.25) is 0 Å². The predicted octanol–water partition coefficient (Wildman–Crippen LogP) is 4.94. The van der Waals surface area contributed by atoms with Gasteiger partial charge in [0, 0.05) is 22.7 Å². The first-order valence-corrected chi connectivity index (χ1v) is 8.27. The minimum Gasteiger partial charge on any atom is -0.455 e. The summed E-state index contributed by atoms with van der Waals surface area (Å²) in [5.74, 6) is 1.09. The molecule has 1 aromatic heterocycles. The molecule has 3 aromatic rings. The Balaban J connectivity index is 1.69. The number of rotatable bonds is 6. The number of aryl methyl sites for hydroxylation is 1. The minimum absolute atomic E-state index is 0.0265. The van der Waals surface area contributed by atoms with Crippen LogP contribution in [0.4, 0.5) is 5.69 Å². The number of halogens is 1. The van der Waals surface area contributed by atoms with Crippen LogP contribution in [0.3, 0.4) is 0 Å². The maximum Gasteiger partial charge on any atom is 0.270 e. The van der Waals surface area contributed by atoms with E-state index in [0.717, 1.165) is 11.1 Å². The second kappa shape index (κ2) is 7.84. The summed E-state index contributed by atoms with van der Waals surface area (Å²) in [5, 5.41) is 15.7. The molecule has 0 aliphatic carbocycles. The molecule has 0 amide bonds. The third-order valence-electron chi connectivity index (χ3n) is 3.83. The Morgan fingerprint density at radius 1 is 1.23 bits per heavy atom. The van der Waals surface area contributed by atoms with E-state index in [-0.39, 0.29) is 5.69 Å². The van der Waals surface area contributed by atoms with E-state index in [0.29, 0.717) is 28.7 Å². The van der Waals surface area contributed by atoms with Crippen molar-refractivity contribution >= 4 is 23.5 Å². The molecule has 1 N–H and O–H groups in total. The Bertz CT molecular complexity index is 966. The molecular formula is C19H16ClN3O3. The molecule has 0 unspecified atom stereocenters. The van der Waals surface area contributed by atoms with Crippen molar-refractivity contribution in [3.05, 3.63) is 86.6 Å². The highest BCUT2D eigenvalue weighted by atomic mass is 35.5. The van der Waals surface area contributed by atoms with Gasteiger partial charge in [-0.1, -0.05) is 35.9 Å². The first-order chi connectivity index (χ1) is 12.5. The van der Waals surface area contributed by atoms with Gasteiger partial charge in [-0.15, -0.1) is 0 Å². The minimum atomic E-state index is -0.424. The second-order valence-corrected chi connectivity index (χ2v) is 6.05. The van der Waals surface area contributed by atoms with E-state index in [1.165, 1.54) is 12.1 Å². The first kappa shape index (κ1) is 17.7. The summed E-state index contributed by atoms with van der Waals surface area (Å²) in [6, 6.07) is 15.7. The van der Waals surface area contributed by atoms with Gasteiger partial charge in [0.05, 0.1) is 17.7 Å². The maximum absolute atomic E-state index is 11.0. The fourth-order valence-electron chi connectivity index (χ4n) is 2.44. The van der Waals surface area contributed by atoms with E-state index in [2.05, 4.69) is 10.5 Å². The standard InChI is InChI=1S/C19H16ClN3O3/c1-13-6-7-15(23(24)25)10-17(13)19-9-8-16(26-19)12-22-21-11-14-4-2-3-5-18(14)20/h2-10,12,21H,11H2,1H3/b22-12-. The van der Waals surface area contributed by atoms with Crippen molar-refractivity contribution in [3.63, 3.8) is 0 Å². The quantitative estimate of drug-likeness (QED) is 0.379. The summed E-state index contributed by atoms with van der Waals surface area (Å²) in [7, 11) is 0. The largest absolute Gasteiger partial charge is 0.455 e. The van der Waals surface area contributed by atoms with E-state index < -0.39 is 4.92 Å². The van der Waals surface area contributed by atoms with Gasteiger partial charge in [-0.3, -0.25) is 10.1 Å². The number of hydrazone groups is 1. The van der Waals surface area contributed by atoms with E-state index in [1.54, 1.807) is 24.4 Å². The second-order valence-electron chi connectivity index (χ2n) is 5.64. The molecule has 7 heteroatoms. The Morgan fingerprint density at radius 3 is 2.81 bits per heavy atom. The summed E-state index contributed by atoms with van der Waals surface area (Å²) >= 11 is 6.08. The Morgan fingerprint density at radius 2 is 2.04 bits per heavy atom. The van der Waals surface area contributed by atoms with Crippen LogP contribution in [0, 0.1) is 17.0 Å². The lowest BCUT2D eigenvalue weighted by Crippen LogP contribution is -2.05. The topological polar surface area (TPSA) is 80.7 Å². The molecule has 0 saturated carbocycles. The zero-order chi connectivity index (χ0) is 18.5. The van der Waals surface area contributed by atoms with Crippen molar-refractivity contribution < 1.29 is 9.34 Å². The van der Waals surface area contributed by atoms with Crippen molar-refractivity contribution in [1.29, 1.82) is 0 Å². The number of non-ortho nitro benzene ring substituents is 1. The van der Waals surface area contributed by atoms with Gasteiger partial charge in [-0.25, -0.2) is 0 Å². The molecule has 26 heavy (non-hydrogen) atoms. The van der Waals surface area contributed by atoms with E-state index in [1.807, 2.05) is 31.2 Å². The molecule has 0 bridgehead atoms. The number of hydrogen-bond donors (Lipinski definition) is 1. The Kier molecular flexibility index (Phi) is 5.34. The van der Waals surface area contributed by atoms with Gasteiger partial charge >= 0.3 is 0 Å². The maximum atomic E-state index is 11.0. The van der Waals surface area contributed by atoms with Gasteiger partial charge in [-0.05, 0) is 36.2 Å². The summed E-state index contributed by atoms with van der Waals surface area (Å²) in [5.41, 5.74) is 5.46. The molecule has 0 aliphatic rings. The van der Waals surface area contributed by atoms with Gasteiger partial charge in [-0.2, -0.15) is 5.10 Å². The number of nitrogens with zero attached hydrogens (tertiary/aromatic N) is 2. The number of benzene rings is 2. The van der Waals surface area contributed by atoms with Gasteiger partial charge in [0.1, 0.15) is 11.5 Å². The molecule has 0 radical (unpaired) electrons. The number of hydrogen-bond acceptors (Lipinski definition) is 5. The van der Waals surface area contributed by atoms with E-state index in [9.17, 15) is 10.1 Å². The Hall–Kier alpha value is -3.12. The van der Waals surface area contributed by atoms with Crippen LogP contribution in [-0.4, -0.2) is 11.1 Å². The van der Waals surface area contributed by atoms with Crippen LogP contribution in [0.25, 0.3) is 11.3 Å². The molecule has 3 rings (SSSR count). The summed E-state index contributed by atoms with van der Waals surface area (Å²) in [4.78, 5) is 10.5. The van der Waals surface area contributed by atoms with Crippen LogP contribution in [0.1, 0.15) is 16.9 Å². The normalized spacial score (nSPS) is 11.0. The zero-order valence-electron chi connectivity index (χ0n) is 14.0. The molecule has 6 nitrogen and oxygen atoms in total. The van der Waals surface area contributed by atoms with Crippen LogP contribution in [-0.2, 0) is 6.54 Å². The molecule has 2 aromatic carbocycles. The summed E-state index contributed by atoms with van der Waals surface area (Å²) < 4.78 is 5.72. The fourth-order valence-corrected chi connectivity index (χ4v) is 2.64. The lowest BCUT2D eigenvalue weighted by Gasteiger charge is -2.03.